The third kappa shape index (κ3) is 5.51. The third-order valence-electron chi connectivity index (χ3n) is 8.92. The Kier molecular flexibility index (Phi) is 7.69. The third-order valence-corrected chi connectivity index (χ3v) is 10.1. The summed E-state index contributed by atoms with van der Waals surface area (Å²) in [4.78, 5) is 43.1. The molecule has 5 heterocycles. The largest absolute Gasteiger partial charge is 0.388 e. The highest BCUT2D eigenvalue weighted by Crippen LogP contribution is 2.36. The number of anilines is 3. The normalized spacial score (nSPS) is 22.7. The van der Waals surface area contributed by atoms with Gasteiger partial charge in [0.1, 0.15) is 6.04 Å². The second-order valence-electron chi connectivity index (χ2n) is 12.0. The van der Waals surface area contributed by atoms with Crippen molar-refractivity contribution in [2.75, 3.05) is 50.5 Å². The van der Waals surface area contributed by atoms with Gasteiger partial charge in [-0.1, -0.05) is 12.1 Å². The van der Waals surface area contributed by atoms with Gasteiger partial charge < -0.3 is 25.5 Å². The molecule has 12 nitrogen and oxygen atoms in total. The molecule has 0 saturated carbocycles. The molecular formula is C31H37N9O3S. The van der Waals surface area contributed by atoms with E-state index in [4.69, 9.17) is 10.1 Å². The Morgan fingerprint density at radius 3 is 2.75 bits per heavy atom. The van der Waals surface area contributed by atoms with Crippen LogP contribution in [0.25, 0.3) is 5.65 Å². The van der Waals surface area contributed by atoms with Crippen molar-refractivity contribution in [3.05, 3.63) is 63.6 Å². The second kappa shape index (κ2) is 11.8. The molecule has 1 aliphatic carbocycles. The first-order valence-electron chi connectivity index (χ1n) is 15.2. The van der Waals surface area contributed by atoms with Gasteiger partial charge in [0.15, 0.2) is 11.5 Å². The zero-order valence-electron chi connectivity index (χ0n) is 24.9. The fraction of sp³-hybridized carbons (Fsp3) is 0.452. The number of likely N-dealkylation sites (N-methyl/N-ethyl adjacent to an activating group) is 2. The lowest BCUT2D eigenvalue weighted by Crippen LogP contribution is -2.48. The molecule has 230 valence electrons. The zero-order chi connectivity index (χ0) is 30.4. The van der Waals surface area contributed by atoms with Crippen molar-refractivity contribution in [2.24, 2.45) is 0 Å². The number of aliphatic hydroxyl groups excluding tert-OH is 1. The van der Waals surface area contributed by atoms with E-state index < -0.39 is 6.10 Å². The molecule has 3 N–H and O–H groups in total. The van der Waals surface area contributed by atoms with Crippen molar-refractivity contribution >= 4 is 46.3 Å². The fourth-order valence-electron chi connectivity index (χ4n) is 6.44. The summed E-state index contributed by atoms with van der Waals surface area (Å²) in [6.45, 7) is 2.92. The Hall–Kier alpha value is -4.07. The molecule has 1 aromatic carbocycles. The van der Waals surface area contributed by atoms with Gasteiger partial charge in [0.2, 0.25) is 11.9 Å². The van der Waals surface area contributed by atoms with Crippen LogP contribution in [0.1, 0.15) is 63.5 Å². The van der Waals surface area contributed by atoms with Crippen LogP contribution >= 0.6 is 11.3 Å². The summed E-state index contributed by atoms with van der Waals surface area (Å²) in [6.07, 6.45) is 7.41. The summed E-state index contributed by atoms with van der Waals surface area (Å²) in [5, 5.41) is 21.7. The van der Waals surface area contributed by atoms with Crippen LogP contribution in [-0.2, 0) is 11.2 Å². The summed E-state index contributed by atoms with van der Waals surface area (Å²) in [6, 6.07) is 9.40. The number of piperidine rings is 1. The highest BCUT2D eigenvalue weighted by molar-refractivity contribution is 7.14. The minimum absolute atomic E-state index is 0.0500. The molecule has 2 fully saturated rings. The summed E-state index contributed by atoms with van der Waals surface area (Å²) >= 11 is 1.50. The number of rotatable bonds is 6. The second-order valence-corrected chi connectivity index (χ2v) is 13.1. The Balaban J connectivity index is 1.07. The number of carbonyl (C=O) groups is 2. The first-order valence-corrected chi connectivity index (χ1v) is 16.1. The van der Waals surface area contributed by atoms with Gasteiger partial charge in [-0.15, -0.1) is 16.4 Å². The summed E-state index contributed by atoms with van der Waals surface area (Å²) in [5.74, 6) is 1.14. The van der Waals surface area contributed by atoms with Crippen molar-refractivity contribution in [1.29, 1.82) is 0 Å². The van der Waals surface area contributed by atoms with Crippen LogP contribution in [0, 0.1) is 0 Å². The number of aliphatic hydroxyl groups is 1. The monoisotopic (exact) mass is 615 g/mol. The molecule has 3 aliphatic rings. The maximum Gasteiger partial charge on any atom is 0.261 e. The molecule has 2 saturated heterocycles. The Morgan fingerprint density at radius 2 is 1.93 bits per heavy atom. The lowest BCUT2D eigenvalue weighted by atomic mass is 9.96. The predicted molar refractivity (Wildman–Crippen MR) is 168 cm³/mol. The summed E-state index contributed by atoms with van der Waals surface area (Å²) < 4.78 is 1.72. The average molecular weight is 616 g/mol. The van der Waals surface area contributed by atoms with Gasteiger partial charge in [-0.3, -0.25) is 14.5 Å². The fourth-order valence-corrected chi connectivity index (χ4v) is 7.60. The summed E-state index contributed by atoms with van der Waals surface area (Å²) in [7, 11) is 3.83. The van der Waals surface area contributed by atoms with E-state index in [1.165, 1.54) is 11.3 Å². The van der Waals surface area contributed by atoms with E-state index >= 15 is 0 Å². The molecule has 44 heavy (non-hydrogen) atoms. The Labute approximate surface area is 259 Å². The standard InChI is InChI=1S/C31H37N9O3S/c1-37-15-16-38(2)30(43)26(37)19-8-10-20(11-9-19)33-27-28-32-12-14-40(28)36-31(35-27)39-13-4-5-21(18-39)34-29(42)25-17-22-23(41)6-3-7-24(22)44-25/h8-12,14,17,21,23,26,41H,3-7,13,15-16,18H2,1-2H3,(H,34,42)(H,33,35,36)/t21-,23?,26?/m0/s1. The number of nitrogens with zero attached hydrogens (tertiary/aromatic N) is 7. The SMILES string of the molecule is CN1CCN(C)C(c2ccc(Nc3nc(N4CCC[C@H](NC(=O)c5cc6c(s5)CCCC6O)C4)nn4ccnc34)cc2)C1=O. The number of benzene rings is 1. The van der Waals surface area contributed by atoms with E-state index in [9.17, 15) is 14.7 Å². The van der Waals surface area contributed by atoms with Crippen molar-refractivity contribution < 1.29 is 14.7 Å². The zero-order valence-corrected chi connectivity index (χ0v) is 25.8. The van der Waals surface area contributed by atoms with E-state index in [0.29, 0.717) is 28.8 Å². The van der Waals surface area contributed by atoms with Gasteiger partial charge >= 0.3 is 0 Å². The Bertz CT molecular complexity index is 1690. The highest BCUT2D eigenvalue weighted by Gasteiger charge is 2.32. The number of carbonyl (C=O) groups excluding carboxylic acids is 2. The lowest BCUT2D eigenvalue weighted by molar-refractivity contribution is -0.139. The molecule has 2 aliphatic heterocycles. The van der Waals surface area contributed by atoms with Gasteiger partial charge in [-0.05, 0) is 68.5 Å². The molecule has 2 unspecified atom stereocenters. The topological polar surface area (TPSA) is 131 Å². The quantitative estimate of drug-likeness (QED) is 0.299. The number of piperazine rings is 1. The van der Waals surface area contributed by atoms with Crippen molar-refractivity contribution in [3.63, 3.8) is 0 Å². The van der Waals surface area contributed by atoms with Gasteiger partial charge in [0.25, 0.3) is 5.91 Å². The molecule has 3 atom stereocenters. The molecule has 2 amide bonds. The smallest absolute Gasteiger partial charge is 0.261 e. The van der Waals surface area contributed by atoms with E-state index in [1.807, 2.05) is 44.4 Å². The highest BCUT2D eigenvalue weighted by atomic mass is 32.1. The number of nitrogens with one attached hydrogen (secondary N) is 2. The van der Waals surface area contributed by atoms with Gasteiger partial charge in [0.05, 0.1) is 11.0 Å². The predicted octanol–water partition coefficient (Wildman–Crippen LogP) is 3.14. The van der Waals surface area contributed by atoms with Gasteiger partial charge in [-0.2, -0.15) is 4.98 Å². The molecule has 4 aromatic rings. The number of thiophene rings is 1. The van der Waals surface area contributed by atoms with Crippen LogP contribution in [0.3, 0.4) is 0 Å². The number of hydrogen-bond donors (Lipinski definition) is 3. The molecule has 0 spiro atoms. The lowest BCUT2D eigenvalue weighted by Gasteiger charge is -2.37. The molecule has 7 rings (SSSR count). The Morgan fingerprint density at radius 1 is 1.09 bits per heavy atom. The maximum atomic E-state index is 13.2. The first kappa shape index (κ1) is 28.7. The molecular weight excluding hydrogens is 578 g/mol. The summed E-state index contributed by atoms with van der Waals surface area (Å²) in [5.41, 5.74) is 3.29. The van der Waals surface area contributed by atoms with Crippen molar-refractivity contribution in [2.45, 2.75) is 50.3 Å². The minimum atomic E-state index is -0.470. The number of aryl methyl sites for hydroxylation is 1. The van der Waals surface area contributed by atoms with Gasteiger partial charge in [-0.25, -0.2) is 9.50 Å². The van der Waals surface area contributed by atoms with Crippen LogP contribution in [0.15, 0.2) is 42.7 Å². The molecule has 3 aromatic heterocycles. The van der Waals surface area contributed by atoms with E-state index in [2.05, 4.69) is 25.4 Å². The number of amides is 2. The van der Waals surface area contributed by atoms with E-state index in [0.717, 1.165) is 73.4 Å². The van der Waals surface area contributed by atoms with Crippen LogP contribution in [0.4, 0.5) is 17.5 Å². The van der Waals surface area contributed by atoms with Crippen LogP contribution in [0.2, 0.25) is 0 Å². The molecule has 13 heteroatoms. The molecule has 0 bridgehead atoms. The number of hydrogen-bond acceptors (Lipinski definition) is 10. The van der Waals surface area contributed by atoms with Crippen LogP contribution in [-0.4, -0.2) is 92.6 Å². The van der Waals surface area contributed by atoms with Crippen molar-refractivity contribution in [3.8, 4) is 0 Å². The molecule has 0 radical (unpaired) electrons. The number of imidazole rings is 1. The van der Waals surface area contributed by atoms with Gasteiger partial charge in [0, 0.05) is 62.2 Å². The van der Waals surface area contributed by atoms with E-state index in [1.54, 1.807) is 21.8 Å². The maximum absolute atomic E-state index is 13.2. The average Bonchev–Trinajstić information content (AvgIpc) is 3.69. The van der Waals surface area contributed by atoms with Crippen LogP contribution in [0.5, 0.6) is 0 Å². The van der Waals surface area contributed by atoms with Crippen LogP contribution < -0.4 is 15.5 Å². The van der Waals surface area contributed by atoms with Crippen molar-refractivity contribution in [1.82, 2.24) is 34.7 Å². The van der Waals surface area contributed by atoms with E-state index in [-0.39, 0.29) is 23.9 Å². The number of aromatic nitrogens is 4. The first-order chi connectivity index (χ1) is 21.3. The minimum Gasteiger partial charge on any atom is -0.388 e. The number of fused-ring (bicyclic) bond motifs is 2.